The third-order valence-corrected chi connectivity index (χ3v) is 4.15. The van der Waals surface area contributed by atoms with Crippen molar-refractivity contribution in [1.29, 1.82) is 0 Å². The van der Waals surface area contributed by atoms with Crippen molar-refractivity contribution in [2.45, 2.75) is 0 Å². The highest BCUT2D eigenvalue weighted by atomic mass is 14.0. The van der Waals surface area contributed by atoms with Gasteiger partial charge in [0.15, 0.2) is 0 Å². The molecule has 4 rings (SSSR count). The summed E-state index contributed by atoms with van der Waals surface area (Å²) in [7, 11) is 0. The summed E-state index contributed by atoms with van der Waals surface area (Å²) in [5.74, 6) is 0. The molecule has 4 aromatic rings. The van der Waals surface area contributed by atoms with Crippen molar-refractivity contribution in [3.63, 3.8) is 0 Å². The van der Waals surface area contributed by atoms with Crippen LogP contribution in [0.4, 0.5) is 0 Å². The molecule has 0 saturated heterocycles. The minimum atomic E-state index is 1.18. The lowest BCUT2D eigenvalue weighted by Crippen LogP contribution is -1.81. The topological polar surface area (TPSA) is 0 Å². The molecule has 0 unspecified atom stereocenters. The number of benzene rings is 4. The van der Waals surface area contributed by atoms with Crippen molar-refractivity contribution < 1.29 is 0 Å². The first kappa shape index (κ1) is 20.7. The van der Waals surface area contributed by atoms with Crippen molar-refractivity contribution in [2.75, 3.05) is 0 Å². The Bertz CT molecular complexity index is 901. The van der Waals surface area contributed by atoms with Crippen LogP contribution in [0.25, 0.3) is 28.3 Å². The average molecular weight is 363 g/mol. The Balaban J connectivity index is 0.000000186. The Morgan fingerprint density at radius 3 is 1.21 bits per heavy atom. The minimum absolute atomic E-state index is 1.18. The molecule has 138 valence electrons. The molecule has 0 saturated carbocycles. The molecule has 0 aliphatic rings. The van der Waals surface area contributed by atoms with Gasteiger partial charge in [-0.15, -0.1) is 13.2 Å². The summed E-state index contributed by atoms with van der Waals surface area (Å²) in [5.41, 5.74) is 6.21. The number of hydrogen-bond acceptors (Lipinski definition) is 0. The van der Waals surface area contributed by atoms with E-state index < -0.39 is 0 Å². The third kappa shape index (κ3) is 5.96. The lowest BCUT2D eigenvalue weighted by Gasteiger charge is -2.04. The van der Waals surface area contributed by atoms with Gasteiger partial charge in [-0.1, -0.05) is 128 Å². The maximum absolute atomic E-state index is 3.82. The Labute approximate surface area is 169 Å². The number of rotatable bonds is 3. The summed E-state index contributed by atoms with van der Waals surface area (Å²) in [4.78, 5) is 0. The van der Waals surface area contributed by atoms with Gasteiger partial charge in [0.25, 0.3) is 0 Å². The van der Waals surface area contributed by atoms with Gasteiger partial charge in [0.05, 0.1) is 0 Å². The Morgan fingerprint density at radius 1 is 0.429 bits per heavy atom. The molecule has 28 heavy (non-hydrogen) atoms. The molecular formula is C28H26. The standard InChI is InChI=1S/C14H12.C12H10.C2H4/c1-2-12-8-6-7-11-14(12)13-9-4-3-5-10-13;1-3-7-11(8-4-1)12-9-5-2-6-10-12;1-2/h2-11H,1H2;1-10H;1-2H2. The second-order valence-electron chi connectivity index (χ2n) is 5.89. The Hall–Kier alpha value is -3.64. The molecular weight excluding hydrogens is 336 g/mol. The first-order chi connectivity index (χ1) is 13.9. The molecule has 0 spiro atoms. The van der Waals surface area contributed by atoms with E-state index in [2.05, 4.69) is 111 Å². The molecule has 0 radical (unpaired) electrons. The van der Waals surface area contributed by atoms with Gasteiger partial charge in [0.2, 0.25) is 0 Å². The van der Waals surface area contributed by atoms with E-state index in [0.29, 0.717) is 0 Å². The predicted octanol–water partition coefficient (Wildman–Crippen LogP) is 8.15. The zero-order valence-electron chi connectivity index (χ0n) is 16.2. The van der Waals surface area contributed by atoms with Crippen LogP contribution in [0.2, 0.25) is 0 Å². The summed E-state index contributed by atoms with van der Waals surface area (Å²) >= 11 is 0. The lowest BCUT2D eigenvalue weighted by molar-refractivity contribution is 1.59. The van der Waals surface area contributed by atoms with E-state index in [9.17, 15) is 0 Å². The molecule has 0 aliphatic heterocycles. The van der Waals surface area contributed by atoms with Crippen LogP contribution in [0, 0.1) is 0 Å². The molecule has 0 fully saturated rings. The van der Waals surface area contributed by atoms with E-state index >= 15 is 0 Å². The molecule has 0 heterocycles. The third-order valence-electron chi connectivity index (χ3n) is 4.15. The van der Waals surface area contributed by atoms with Crippen LogP contribution >= 0.6 is 0 Å². The maximum Gasteiger partial charge on any atom is -0.0112 e. The first-order valence-electron chi connectivity index (χ1n) is 9.26. The molecule has 0 bridgehead atoms. The lowest BCUT2D eigenvalue weighted by atomic mass is 10.00. The fourth-order valence-electron chi connectivity index (χ4n) is 2.82. The van der Waals surface area contributed by atoms with Crippen LogP contribution in [0.15, 0.2) is 135 Å². The Morgan fingerprint density at radius 2 is 0.786 bits per heavy atom. The van der Waals surface area contributed by atoms with Crippen molar-refractivity contribution in [2.24, 2.45) is 0 Å². The molecule has 0 heteroatoms. The summed E-state index contributed by atoms with van der Waals surface area (Å²) in [6.07, 6.45) is 1.89. The van der Waals surface area contributed by atoms with Gasteiger partial charge in [0, 0.05) is 0 Å². The van der Waals surface area contributed by atoms with Crippen molar-refractivity contribution >= 4 is 6.08 Å². The summed E-state index contributed by atoms with van der Waals surface area (Å²) in [6.45, 7) is 9.82. The molecule has 0 aromatic heterocycles. The van der Waals surface area contributed by atoms with E-state index in [4.69, 9.17) is 0 Å². The predicted molar refractivity (Wildman–Crippen MR) is 125 cm³/mol. The highest BCUT2D eigenvalue weighted by molar-refractivity contribution is 5.74. The maximum atomic E-state index is 3.82. The summed E-state index contributed by atoms with van der Waals surface area (Å²) in [6, 6.07) is 39.4. The monoisotopic (exact) mass is 362 g/mol. The van der Waals surface area contributed by atoms with Crippen molar-refractivity contribution in [3.05, 3.63) is 141 Å². The van der Waals surface area contributed by atoms with Gasteiger partial charge in [-0.3, -0.25) is 0 Å². The quantitative estimate of drug-likeness (QED) is 0.322. The van der Waals surface area contributed by atoms with Gasteiger partial charge >= 0.3 is 0 Å². The highest BCUT2D eigenvalue weighted by Crippen LogP contribution is 2.23. The van der Waals surface area contributed by atoms with Crippen LogP contribution < -0.4 is 0 Å². The van der Waals surface area contributed by atoms with Crippen LogP contribution in [-0.2, 0) is 0 Å². The van der Waals surface area contributed by atoms with Crippen molar-refractivity contribution in [1.82, 2.24) is 0 Å². The zero-order valence-corrected chi connectivity index (χ0v) is 16.2. The van der Waals surface area contributed by atoms with E-state index in [1.165, 1.54) is 27.8 Å². The van der Waals surface area contributed by atoms with Gasteiger partial charge in [-0.2, -0.15) is 0 Å². The molecule has 0 aliphatic carbocycles. The first-order valence-corrected chi connectivity index (χ1v) is 9.26. The van der Waals surface area contributed by atoms with Crippen LogP contribution in [0.3, 0.4) is 0 Å². The van der Waals surface area contributed by atoms with Crippen molar-refractivity contribution in [3.8, 4) is 22.3 Å². The fraction of sp³-hybridized carbons (Fsp3) is 0. The van der Waals surface area contributed by atoms with E-state index in [0.717, 1.165) is 0 Å². The largest absolute Gasteiger partial charge is 0.106 e. The Kier molecular flexibility index (Phi) is 8.77. The smallest absolute Gasteiger partial charge is 0.0112 e. The molecule has 0 atom stereocenters. The van der Waals surface area contributed by atoms with Crippen LogP contribution in [0.5, 0.6) is 0 Å². The van der Waals surface area contributed by atoms with Gasteiger partial charge in [0.1, 0.15) is 0 Å². The fourth-order valence-corrected chi connectivity index (χ4v) is 2.82. The highest BCUT2D eigenvalue weighted by Gasteiger charge is 1.99. The van der Waals surface area contributed by atoms with Gasteiger partial charge < -0.3 is 0 Å². The summed E-state index contributed by atoms with van der Waals surface area (Å²) < 4.78 is 0. The van der Waals surface area contributed by atoms with Crippen LogP contribution in [-0.4, -0.2) is 0 Å². The van der Waals surface area contributed by atoms with E-state index in [-0.39, 0.29) is 0 Å². The van der Waals surface area contributed by atoms with E-state index in [1.807, 2.05) is 30.3 Å². The second kappa shape index (κ2) is 11.9. The number of hydrogen-bond donors (Lipinski definition) is 0. The molecule has 0 N–H and O–H groups in total. The van der Waals surface area contributed by atoms with Crippen LogP contribution in [0.1, 0.15) is 5.56 Å². The molecule has 0 nitrogen and oxygen atoms in total. The second-order valence-corrected chi connectivity index (χ2v) is 5.89. The van der Waals surface area contributed by atoms with Gasteiger partial charge in [-0.05, 0) is 27.8 Å². The SMILES string of the molecule is C=C.C=Cc1ccccc1-c1ccccc1.c1ccc(-c2ccccc2)cc1. The average Bonchev–Trinajstić information content (AvgIpc) is 2.82. The molecule has 4 aromatic carbocycles. The molecule has 0 amide bonds. The summed E-state index contributed by atoms with van der Waals surface area (Å²) in [5, 5.41) is 0. The normalized spacial score (nSPS) is 9.14. The minimum Gasteiger partial charge on any atom is -0.106 e. The van der Waals surface area contributed by atoms with Gasteiger partial charge in [-0.25, -0.2) is 0 Å². The zero-order chi connectivity index (χ0) is 20.0. The van der Waals surface area contributed by atoms with E-state index in [1.54, 1.807) is 0 Å².